The van der Waals surface area contributed by atoms with E-state index in [9.17, 15) is 0 Å². The van der Waals surface area contributed by atoms with Gasteiger partial charge < -0.3 is 9.05 Å². The normalized spacial score (nSPS) is 19.3. The van der Waals surface area contributed by atoms with Crippen molar-refractivity contribution in [1.29, 1.82) is 0 Å². The van der Waals surface area contributed by atoms with Gasteiger partial charge in [-0.25, -0.2) is 0 Å². The number of rotatable bonds is 5. The fraction of sp³-hybridized carbons (Fsp3) is 1.00. The van der Waals surface area contributed by atoms with E-state index in [0.29, 0.717) is 6.61 Å². The van der Waals surface area contributed by atoms with Crippen LogP contribution in [-0.4, -0.2) is 12.7 Å². The number of hydrogen-bond donors (Lipinski definition) is 0. The van der Waals surface area contributed by atoms with Crippen LogP contribution in [0.4, 0.5) is 0 Å². The van der Waals surface area contributed by atoms with Crippen molar-refractivity contribution in [2.45, 2.75) is 33.3 Å². The summed E-state index contributed by atoms with van der Waals surface area (Å²) in [5.41, 5.74) is 0. The topological polar surface area (TPSA) is 18.5 Å². The third kappa shape index (κ3) is 6.06. The Bertz CT molecular complexity index is 154. The lowest BCUT2D eigenvalue weighted by Gasteiger charge is -2.18. The highest BCUT2D eigenvalue weighted by atomic mass is 35.7. The fourth-order valence-electron chi connectivity index (χ4n) is 0.474. The van der Waals surface area contributed by atoms with Crippen LogP contribution >= 0.6 is 17.1 Å². The molecule has 0 saturated carbocycles. The van der Waals surface area contributed by atoms with E-state index in [1.54, 1.807) is 0 Å². The SMILES string of the molecule is CCOP(=S)(Cl)OC(C)CC. The van der Waals surface area contributed by atoms with Crippen molar-refractivity contribution >= 4 is 28.9 Å². The van der Waals surface area contributed by atoms with E-state index in [0.717, 1.165) is 6.42 Å². The van der Waals surface area contributed by atoms with Crippen LogP contribution in [0.1, 0.15) is 27.2 Å². The quantitative estimate of drug-likeness (QED) is 0.657. The molecular weight excluding hydrogens is 203 g/mol. The van der Waals surface area contributed by atoms with E-state index in [1.807, 2.05) is 20.8 Å². The minimum absolute atomic E-state index is 0.0879. The van der Waals surface area contributed by atoms with Gasteiger partial charge in [-0.05, 0) is 43.3 Å². The summed E-state index contributed by atoms with van der Waals surface area (Å²) < 4.78 is 10.4. The molecule has 0 aliphatic carbocycles. The third-order valence-corrected chi connectivity index (χ3v) is 3.45. The van der Waals surface area contributed by atoms with Gasteiger partial charge in [-0.1, -0.05) is 6.92 Å². The summed E-state index contributed by atoms with van der Waals surface area (Å²) in [5, 5.41) is 0. The molecule has 0 bridgehead atoms. The highest BCUT2D eigenvalue weighted by molar-refractivity contribution is 8.22. The van der Waals surface area contributed by atoms with E-state index < -0.39 is 5.84 Å². The Morgan fingerprint density at radius 1 is 1.55 bits per heavy atom. The van der Waals surface area contributed by atoms with Gasteiger partial charge >= 0.3 is 0 Å². The van der Waals surface area contributed by atoms with Gasteiger partial charge in [0.1, 0.15) is 0 Å². The average Bonchev–Trinajstić information content (AvgIpc) is 1.86. The lowest BCUT2D eigenvalue weighted by atomic mass is 10.3. The summed E-state index contributed by atoms with van der Waals surface area (Å²) in [6.07, 6.45) is 0.989. The minimum Gasteiger partial charge on any atom is -0.318 e. The van der Waals surface area contributed by atoms with Gasteiger partial charge in [0.15, 0.2) is 0 Å². The van der Waals surface area contributed by atoms with E-state index in [4.69, 9.17) is 32.1 Å². The third-order valence-electron chi connectivity index (χ3n) is 1.16. The van der Waals surface area contributed by atoms with Crippen LogP contribution in [0.3, 0.4) is 0 Å². The molecule has 0 aromatic heterocycles. The van der Waals surface area contributed by atoms with Gasteiger partial charge in [0, 0.05) is 0 Å². The molecule has 0 aromatic carbocycles. The van der Waals surface area contributed by atoms with E-state index in [1.165, 1.54) is 0 Å². The second-order valence-corrected chi connectivity index (χ2v) is 6.88. The van der Waals surface area contributed by atoms with Crippen molar-refractivity contribution in [3.8, 4) is 0 Å². The number of hydrogen-bond acceptors (Lipinski definition) is 3. The Hall–Kier alpha value is 0.860. The first-order valence-corrected chi connectivity index (χ1v) is 7.18. The van der Waals surface area contributed by atoms with Gasteiger partial charge in [0.05, 0.1) is 12.7 Å². The van der Waals surface area contributed by atoms with Crippen LogP contribution in [0.15, 0.2) is 0 Å². The molecule has 0 heterocycles. The number of halogens is 1. The second kappa shape index (κ2) is 5.50. The predicted octanol–water partition coefficient (Wildman–Crippen LogP) is 3.30. The maximum absolute atomic E-state index is 5.79. The molecule has 0 aliphatic rings. The zero-order chi connectivity index (χ0) is 8.91. The standard InChI is InChI=1S/C6H14ClO2PS/c1-4-6(3)9-10(7,11)8-5-2/h6H,4-5H2,1-3H3. The zero-order valence-corrected chi connectivity index (χ0v) is 9.51. The summed E-state index contributed by atoms with van der Waals surface area (Å²) in [5.74, 6) is -2.46. The maximum atomic E-state index is 5.79. The van der Waals surface area contributed by atoms with Crippen LogP contribution in [-0.2, 0) is 20.9 Å². The first-order chi connectivity index (χ1) is 5.02. The molecule has 0 N–H and O–H groups in total. The lowest BCUT2D eigenvalue weighted by molar-refractivity contribution is 0.200. The van der Waals surface area contributed by atoms with Crippen LogP contribution < -0.4 is 0 Å². The summed E-state index contributed by atoms with van der Waals surface area (Å²) in [4.78, 5) is 0. The highest BCUT2D eigenvalue weighted by Crippen LogP contribution is 2.54. The molecule has 2 atom stereocenters. The van der Waals surface area contributed by atoms with Crippen molar-refractivity contribution in [3.63, 3.8) is 0 Å². The van der Waals surface area contributed by atoms with Gasteiger partial charge in [0.25, 0.3) is 5.84 Å². The van der Waals surface area contributed by atoms with Crippen molar-refractivity contribution in [2.75, 3.05) is 6.61 Å². The Morgan fingerprint density at radius 2 is 2.09 bits per heavy atom. The lowest BCUT2D eigenvalue weighted by Crippen LogP contribution is -2.03. The van der Waals surface area contributed by atoms with Gasteiger partial charge in [-0.3, -0.25) is 0 Å². The molecule has 0 saturated heterocycles. The molecule has 0 aromatic rings. The first kappa shape index (κ1) is 11.9. The molecule has 11 heavy (non-hydrogen) atoms. The van der Waals surface area contributed by atoms with Crippen LogP contribution in [0.25, 0.3) is 0 Å². The molecule has 0 aliphatic heterocycles. The molecule has 68 valence electrons. The van der Waals surface area contributed by atoms with E-state index >= 15 is 0 Å². The Kier molecular flexibility index (Phi) is 5.93. The van der Waals surface area contributed by atoms with Gasteiger partial charge in [0.2, 0.25) is 0 Å². The molecule has 5 heteroatoms. The average molecular weight is 217 g/mol. The highest BCUT2D eigenvalue weighted by Gasteiger charge is 2.16. The molecular formula is C6H14ClO2PS. The zero-order valence-electron chi connectivity index (χ0n) is 7.04. The molecule has 0 rings (SSSR count). The largest absolute Gasteiger partial charge is 0.318 e. The van der Waals surface area contributed by atoms with Crippen LogP contribution in [0.2, 0.25) is 0 Å². The van der Waals surface area contributed by atoms with Gasteiger partial charge in [-0.15, -0.1) is 0 Å². The fourth-order valence-corrected chi connectivity index (χ4v) is 2.88. The van der Waals surface area contributed by atoms with E-state index in [-0.39, 0.29) is 6.10 Å². The maximum Gasteiger partial charge on any atom is 0.282 e. The Morgan fingerprint density at radius 3 is 2.45 bits per heavy atom. The molecule has 0 amide bonds. The van der Waals surface area contributed by atoms with Gasteiger partial charge in [-0.2, -0.15) is 0 Å². The summed E-state index contributed by atoms with van der Waals surface area (Å²) in [6.45, 7) is 6.31. The first-order valence-electron chi connectivity index (χ1n) is 3.64. The Labute approximate surface area is 78.2 Å². The summed E-state index contributed by atoms with van der Waals surface area (Å²) in [6, 6.07) is 0. The van der Waals surface area contributed by atoms with Crippen LogP contribution in [0.5, 0.6) is 0 Å². The minimum atomic E-state index is -2.46. The Balaban J connectivity index is 3.81. The van der Waals surface area contributed by atoms with Crippen LogP contribution in [0, 0.1) is 0 Å². The second-order valence-electron chi connectivity index (χ2n) is 2.17. The molecule has 0 radical (unpaired) electrons. The van der Waals surface area contributed by atoms with E-state index in [2.05, 4.69) is 0 Å². The van der Waals surface area contributed by atoms with Crippen molar-refractivity contribution in [1.82, 2.24) is 0 Å². The van der Waals surface area contributed by atoms with Crippen molar-refractivity contribution in [2.24, 2.45) is 0 Å². The molecule has 2 unspecified atom stereocenters. The molecule has 2 nitrogen and oxygen atoms in total. The smallest absolute Gasteiger partial charge is 0.282 e. The monoisotopic (exact) mass is 216 g/mol. The van der Waals surface area contributed by atoms with Crippen molar-refractivity contribution < 1.29 is 9.05 Å². The molecule has 0 fully saturated rings. The summed E-state index contributed by atoms with van der Waals surface area (Å²) >= 11 is 10.7. The summed E-state index contributed by atoms with van der Waals surface area (Å²) in [7, 11) is 0. The molecule has 0 spiro atoms. The van der Waals surface area contributed by atoms with Crippen molar-refractivity contribution in [3.05, 3.63) is 0 Å². The predicted molar refractivity (Wildman–Crippen MR) is 52.6 cm³/mol.